The fourth-order valence-electron chi connectivity index (χ4n) is 2.15. The number of carbonyl (C=O) groups is 1. The minimum absolute atomic E-state index is 0.0685. The molecule has 0 heterocycles. The fraction of sp³-hybridized carbons (Fsp3) is 0.154. The zero-order valence-electron chi connectivity index (χ0n) is 10.6. The van der Waals surface area contributed by atoms with E-state index in [1.807, 2.05) is 0 Å². The summed E-state index contributed by atoms with van der Waals surface area (Å²) in [5, 5.41) is 31.4. The Bertz CT molecular complexity index is 663. The molecule has 0 spiro atoms. The van der Waals surface area contributed by atoms with Gasteiger partial charge in [0.2, 0.25) is 0 Å². The molecule has 2 rings (SSSR count). The van der Waals surface area contributed by atoms with Gasteiger partial charge in [-0.25, -0.2) is 4.79 Å². The summed E-state index contributed by atoms with van der Waals surface area (Å²) < 4.78 is 0. The molecule has 0 fully saturated rings. The van der Waals surface area contributed by atoms with E-state index in [4.69, 9.17) is 5.11 Å². The Hall–Kier alpha value is -3.03. The standard InChI is InChI=1S/C13H10N2O6/c16-12(17)10-6-7-13(14(18)19,15(20)21)8-11(10)9-4-2-1-3-5-9/h1-7H,8H2,(H,16,17). The van der Waals surface area contributed by atoms with Crippen LogP contribution < -0.4 is 0 Å². The number of nitro groups is 2. The second-order valence-electron chi connectivity index (χ2n) is 4.47. The Kier molecular flexibility index (Phi) is 3.53. The van der Waals surface area contributed by atoms with Gasteiger partial charge < -0.3 is 5.11 Å². The summed E-state index contributed by atoms with van der Waals surface area (Å²) in [4.78, 5) is 31.4. The number of carboxylic acid groups (broad SMARTS) is 1. The van der Waals surface area contributed by atoms with Gasteiger partial charge in [-0.1, -0.05) is 30.3 Å². The summed E-state index contributed by atoms with van der Waals surface area (Å²) in [6.07, 6.45) is 1.04. The van der Waals surface area contributed by atoms with Crippen molar-refractivity contribution in [3.05, 3.63) is 73.8 Å². The molecule has 21 heavy (non-hydrogen) atoms. The number of carboxylic acids is 1. The maximum absolute atomic E-state index is 11.2. The molecule has 0 saturated heterocycles. The molecule has 1 aliphatic carbocycles. The topological polar surface area (TPSA) is 124 Å². The van der Waals surface area contributed by atoms with Crippen molar-refractivity contribution in [2.75, 3.05) is 0 Å². The summed E-state index contributed by atoms with van der Waals surface area (Å²) in [6, 6.07) is 8.06. The lowest BCUT2D eigenvalue weighted by Gasteiger charge is -2.20. The van der Waals surface area contributed by atoms with E-state index in [2.05, 4.69) is 0 Å². The zero-order valence-corrected chi connectivity index (χ0v) is 10.6. The van der Waals surface area contributed by atoms with Gasteiger partial charge in [0.1, 0.15) is 16.3 Å². The third kappa shape index (κ3) is 2.38. The SMILES string of the molecule is O=C(O)C1=C(c2ccccc2)CC([N+](=O)[O-])([N+](=O)[O-])C=C1. The van der Waals surface area contributed by atoms with Crippen molar-refractivity contribution >= 4 is 11.5 Å². The smallest absolute Gasteiger partial charge is 0.478 e. The molecule has 0 aromatic heterocycles. The maximum Gasteiger partial charge on any atom is 0.482 e. The molecular formula is C13H10N2O6. The second kappa shape index (κ2) is 5.16. The third-order valence-electron chi connectivity index (χ3n) is 3.26. The molecule has 108 valence electrons. The first kappa shape index (κ1) is 14.4. The van der Waals surface area contributed by atoms with Gasteiger partial charge in [0.05, 0.1) is 11.6 Å². The molecule has 0 bridgehead atoms. The lowest BCUT2D eigenvalue weighted by molar-refractivity contribution is -0.779. The van der Waals surface area contributed by atoms with E-state index >= 15 is 0 Å². The van der Waals surface area contributed by atoms with Gasteiger partial charge in [-0.2, -0.15) is 0 Å². The quantitative estimate of drug-likeness (QED) is 0.511. The predicted octanol–water partition coefficient (Wildman–Crippen LogP) is 1.73. The molecular weight excluding hydrogens is 280 g/mol. The van der Waals surface area contributed by atoms with E-state index in [1.165, 1.54) is 0 Å². The number of rotatable bonds is 4. The minimum Gasteiger partial charge on any atom is -0.478 e. The Balaban J connectivity index is 2.61. The second-order valence-corrected chi connectivity index (χ2v) is 4.47. The van der Waals surface area contributed by atoms with Crippen LogP contribution >= 0.6 is 0 Å². The van der Waals surface area contributed by atoms with Gasteiger partial charge in [0.15, 0.2) is 0 Å². The number of hydrogen-bond donors (Lipinski definition) is 1. The van der Waals surface area contributed by atoms with Crippen molar-refractivity contribution in [2.45, 2.75) is 12.1 Å². The number of aliphatic carboxylic acids is 1. The Morgan fingerprint density at radius 1 is 1.14 bits per heavy atom. The van der Waals surface area contributed by atoms with Crippen molar-refractivity contribution in [1.29, 1.82) is 0 Å². The monoisotopic (exact) mass is 290 g/mol. The number of hydrogen-bond acceptors (Lipinski definition) is 5. The van der Waals surface area contributed by atoms with Crippen LogP contribution in [0.5, 0.6) is 0 Å². The van der Waals surface area contributed by atoms with Gasteiger partial charge in [0.25, 0.3) is 0 Å². The molecule has 8 heteroatoms. The molecule has 0 unspecified atom stereocenters. The Labute approximate surface area is 118 Å². The zero-order chi connectivity index (χ0) is 15.6. The number of nitrogens with zero attached hydrogens (tertiary/aromatic N) is 2. The van der Waals surface area contributed by atoms with E-state index in [0.717, 1.165) is 12.2 Å². The summed E-state index contributed by atoms with van der Waals surface area (Å²) in [5.74, 6) is -1.29. The van der Waals surface area contributed by atoms with Gasteiger partial charge in [-0.15, -0.1) is 0 Å². The molecule has 8 nitrogen and oxygen atoms in total. The molecule has 0 atom stereocenters. The minimum atomic E-state index is -2.54. The van der Waals surface area contributed by atoms with Crippen molar-refractivity contribution in [1.82, 2.24) is 0 Å². The Morgan fingerprint density at radius 3 is 2.19 bits per heavy atom. The van der Waals surface area contributed by atoms with Crippen molar-refractivity contribution < 1.29 is 19.7 Å². The molecule has 1 N–H and O–H groups in total. The highest BCUT2D eigenvalue weighted by Crippen LogP contribution is 2.36. The maximum atomic E-state index is 11.2. The van der Waals surface area contributed by atoms with Crippen molar-refractivity contribution in [3.63, 3.8) is 0 Å². The van der Waals surface area contributed by atoms with Crippen LogP contribution in [-0.2, 0) is 4.79 Å². The summed E-state index contributed by atoms with van der Waals surface area (Å²) >= 11 is 0. The normalized spacial score (nSPS) is 16.6. The average molecular weight is 290 g/mol. The molecule has 0 amide bonds. The molecule has 0 saturated carbocycles. The van der Waals surface area contributed by atoms with Gasteiger partial charge in [0, 0.05) is 0 Å². The van der Waals surface area contributed by atoms with Gasteiger partial charge >= 0.3 is 11.6 Å². The average Bonchev–Trinajstić information content (AvgIpc) is 2.46. The van der Waals surface area contributed by atoms with E-state index in [9.17, 15) is 25.0 Å². The van der Waals surface area contributed by atoms with Crippen LogP contribution in [0.4, 0.5) is 0 Å². The van der Waals surface area contributed by atoms with Crippen LogP contribution in [0, 0.1) is 20.2 Å². The molecule has 1 aromatic rings. The summed E-state index contributed by atoms with van der Waals surface area (Å²) in [5.41, 5.74) is -2.24. The van der Waals surface area contributed by atoms with Crippen LogP contribution in [0.3, 0.4) is 0 Å². The molecule has 0 radical (unpaired) electrons. The van der Waals surface area contributed by atoms with Gasteiger partial charge in [-0.05, 0) is 17.2 Å². The van der Waals surface area contributed by atoms with E-state index in [0.29, 0.717) is 5.56 Å². The van der Waals surface area contributed by atoms with Crippen LogP contribution in [0.2, 0.25) is 0 Å². The van der Waals surface area contributed by atoms with Crippen LogP contribution in [-0.4, -0.2) is 26.6 Å². The highest BCUT2D eigenvalue weighted by atomic mass is 16.7. The predicted molar refractivity (Wildman–Crippen MR) is 71.5 cm³/mol. The highest BCUT2D eigenvalue weighted by Gasteiger charge is 2.56. The number of benzene rings is 1. The first-order valence-electron chi connectivity index (χ1n) is 5.88. The van der Waals surface area contributed by atoms with Crippen LogP contribution in [0.15, 0.2) is 48.1 Å². The van der Waals surface area contributed by atoms with Gasteiger partial charge in [-0.3, -0.25) is 20.2 Å². The van der Waals surface area contributed by atoms with Crippen molar-refractivity contribution in [2.24, 2.45) is 0 Å². The van der Waals surface area contributed by atoms with Crippen LogP contribution in [0.1, 0.15) is 12.0 Å². The van der Waals surface area contributed by atoms with Crippen molar-refractivity contribution in [3.8, 4) is 0 Å². The summed E-state index contributed by atoms with van der Waals surface area (Å²) in [6.45, 7) is 0. The molecule has 0 aliphatic heterocycles. The third-order valence-corrected chi connectivity index (χ3v) is 3.26. The summed E-state index contributed by atoms with van der Waals surface area (Å²) in [7, 11) is 0. The Morgan fingerprint density at radius 2 is 1.71 bits per heavy atom. The molecule has 1 aromatic carbocycles. The molecule has 1 aliphatic rings. The first-order chi connectivity index (χ1) is 9.88. The van der Waals surface area contributed by atoms with E-state index in [1.54, 1.807) is 30.3 Å². The lowest BCUT2D eigenvalue weighted by Crippen LogP contribution is -2.46. The fourth-order valence-corrected chi connectivity index (χ4v) is 2.15. The highest BCUT2D eigenvalue weighted by molar-refractivity contribution is 6.00. The first-order valence-corrected chi connectivity index (χ1v) is 5.88. The lowest BCUT2D eigenvalue weighted by atomic mass is 9.86. The van der Waals surface area contributed by atoms with Crippen LogP contribution in [0.25, 0.3) is 5.57 Å². The van der Waals surface area contributed by atoms with E-state index in [-0.39, 0.29) is 11.1 Å². The van der Waals surface area contributed by atoms with E-state index < -0.39 is 27.9 Å². The largest absolute Gasteiger partial charge is 0.482 e.